The van der Waals surface area contributed by atoms with Gasteiger partial charge in [-0.25, -0.2) is 0 Å². The molecule has 0 aromatic carbocycles. The van der Waals surface area contributed by atoms with Crippen LogP contribution in [0.1, 0.15) is 32.1 Å². The van der Waals surface area contributed by atoms with Gasteiger partial charge in [0.25, 0.3) is 0 Å². The van der Waals surface area contributed by atoms with Crippen LogP contribution in [0.5, 0.6) is 0 Å². The molecule has 1 amide bonds. The monoisotopic (exact) mass is 276 g/mol. The summed E-state index contributed by atoms with van der Waals surface area (Å²) in [6, 6.07) is 0. The van der Waals surface area contributed by atoms with Crippen molar-refractivity contribution in [3.8, 4) is 0 Å². The molecule has 0 spiro atoms. The summed E-state index contributed by atoms with van der Waals surface area (Å²) < 4.78 is 0. The van der Waals surface area contributed by atoms with Crippen LogP contribution in [0.15, 0.2) is 0 Å². The summed E-state index contributed by atoms with van der Waals surface area (Å²) >= 11 is 0. The van der Waals surface area contributed by atoms with Crippen LogP contribution in [0, 0.1) is 5.92 Å². The fraction of sp³-hybridized carbons (Fsp3) is 0.909. The molecule has 0 aromatic rings. The van der Waals surface area contributed by atoms with Gasteiger partial charge >= 0.3 is 0 Å². The first-order valence-electron chi connectivity index (χ1n) is 5.87. The topological polar surface area (TPSA) is 32.3 Å². The molecule has 88 valence electrons. The molecule has 2 rings (SSSR count). The quantitative estimate of drug-likeness (QED) is 0.789. The van der Waals surface area contributed by atoms with Crippen molar-refractivity contribution in [2.75, 3.05) is 26.2 Å². The lowest BCUT2D eigenvalue weighted by atomic mass is 9.97. The highest BCUT2D eigenvalue weighted by Crippen LogP contribution is 2.17. The number of carbonyl (C=O) groups is 1. The minimum absolute atomic E-state index is 0. The SMILES string of the molecule is Br.O=C(C1CCCNC1)N1CCCCC1. The van der Waals surface area contributed by atoms with Gasteiger partial charge in [0.05, 0.1) is 5.92 Å². The molecule has 0 aliphatic carbocycles. The van der Waals surface area contributed by atoms with Crippen LogP contribution < -0.4 is 5.32 Å². The van der Waals surface area contributed by atoms with E-state index in [0.29, 0.717) is 5.91 Å². The smallest absolute Gasteiger partial charge is 0.226 e. The van der Waals surface area contributed by atoms with Crippen molar-refractivity contribution in [1.29, 1.82) is 0 Å². The average Bonchev–Trinajstić information content (AvgIpc) is 2.30. The van der Waals surface area contributed by atoms with Gasteiger partial charge in [-0.15, -0.1) is 17.0 Å². The van der Waals surface area contributed by atoms with E-state index in [9.17, 15) is 4.79 Å². The van der Waals surface area contributed by atoms with Gasteiger partial charge in [0, 0.05) is 19.6 Å². The largest absolute Gasteiger partial charge is 0.342 e. The minimum atomic E-state index is 0. The Hall–Kier alpha value is -0.0900. The summed E-state index contributed by atoms with van der Waals surface area (Å²) in [6.45, 7) is 3.98. The maximum atomic E-state index is 12.0. The maximum Gasteiger partial charge on any atom is 0.226 e. The molecule has 3 nitrogen and oxygen atoms in total. The van der Waals surface area contributed by atoms with Crippen molar-refractivity contribution in [1.82, 2.24) is 10.2 Å². The van der Waals surface area contributed by atoms with E-state index in [1.165, 1.54) is 19.3 Å². The zero-order chi connectivity index (χ0) is 9.80. The van der Waals surface area contributed by atoms with E-state index in [0.717, 1.165) is 39.0 Å². The number of carbonyl (C=O) groups excluding carboxylic acids is 1. The number of piperidine rings is 2. The van der Waals surface area contributed by atoms with Crippen LogP contribution >= 0.6 is 17.0 Å². The highest BCUT2D eigenvalue weighted by Gasteiger charge is 2.26. The van der Waals surface area contributed by atoms with Crippen LogP contribution in [-0.2, 0) is 4.79 Å². The molecule has 2 fully saturated rings. The fourth-order valence-electron chi connectivity index (χ4n) is 2.44. The van der Waals surface area contributed by atoms with Gasteiger partial charge in [0.1, 0.15) is 0 Å². The number of hydrogen-bond donors (Lipinski definition) is 1. The van der Waals surface area contributed by atoms with Gasteiger partial charge in [-0.2, -0.15) is 0 Å². The molecule has 4 heteroatoms. The van der Waals surface area contributed by atoms with Crippen molar-refractivity contribution in [3.05, 3.63) is 0 Å². The Morgan fingerprint density at radius 2 is 1.87 bits per heavy atom. The fourth-order valence-corrected chi connectivity index (χ4v) is 2.44. The van der Waals surface area contributed by atoms with Crippen LogP contribution in [-0.4, -0.2) is 37.0 Å². The molecule has 15 heavy (non-hydrogen) atoms. The Balaban J connectivity index is 0.00000112. The number of nitrogens with one attached hydrogen (secondary N) is 1. The van der Waals surface area contributed by atoms with Crippen LogP contribution in [0.4, 0.5) is 0 Å². The van der Waals surface area contributed by atoms with E-state index in [-0.39, 0.29) is 22.9 Å². The van der Waals surface area contributed by atoms with E-state index in [1.54, 1.807) is 0 Å². The molecule has 2 aliphatic heterocycles. The summed E-state index contributed by atoms with van der Waals surface area (Å²) in [5.74, 6) is 0.666. The van der Waals surface area contributed by atoms with Gasteiger partial charge < -0.3 is 10.2 Å². The minimum Gasteiger partial charge on any atom is -0.342 e. The zero-order valence-electron chi connectivity index (χ0n) is 9.21. The molecule has 2 aliphatic rings. The molecule has 1 atom stereocenters. The first kappa shape index (κ1) is 13.0. The number of hydrogen-bond acceptors (Lipinski definition) is 2. The van der Waals surface area contributed by atoms with Crippen molar-refractivity contribution in [2.45, 2.75) is 32.1 Å². The van der Waals surface area contributed by atoms with Crippen molar-refractivity contribution < 1.29 is 4.79 Å². The van der Waals surface area contributed by atoms with Crippen LogP contribution in [0.2, 0.25) is 0 Å². The van der Waals surface area contributed by atoms with Gasteiger partial charge in [0.15, 0.2) is 0 Å². The Labute approximate surface area is 102 Å². The van der Waals surface area contributed by atoms with Crippen molar-refractivity contribution >= 4 is 22.9 Å². The zero-order valence-corrected chi connectivity index (χ0v) is 10.9. The predicted molar refractivity (Wildman–Crippen MR) is 66.3 cm³/mol. The molecule has 0 aromatic heterocycles. The van der Waals surface area contributed by atoms with E-state index in [4.69, 9.17) is 0 Å². The number of amides is 1. The molecule has 2 saturated heterocycles. The van der Waals surface area contributed by atoms with Crippen molar-refractivity contribution in [2.24, 2.45) is 5.92 Å². The highest BCUT2D eigenvalue weighted by molar-refractivity contribution is 8.93. The third-order valence-electron chi connectivity index (χ3n) is 3.31. The van der Waals surface area contributed by atoms with Crippen LogP contribution in [0.25, 0.3) is 0 Å². The Morgan fingerprint density at radius 1 is 1.13 bits per heavy atom. The van der Waals surface area contributed by atoms with Gasteiger partial charge in [-0.05, 0) is 38.6 Å². The second-order valence-electron chi connectivity index (χ2n) is 4.43. The van der Waals surface area contributed by atoms with E-state index in [2.05, 4.69) is 10.2 Å². The predicted octanol–water partition coefficient (Wildman–Crippen LogP) is 1.58. The first-order chi connectivity index (χ1) is 6.88. The van der Waals surface area contributed by atoms with Gasteiger partial charge in [0.2, 0.25) is 5.91 Å². The summed E-state index contributed by atoms with van der Waals surface area (Å²) in [5, 5.41) is 3.31. The second-order valence-corrected chi connectivity index (χ2v) is 4.43. The molecule has 2 heterocycles. The van der Waals surface area contributed by atoms with Crippen LogP contribution in [0.3, 0.4) is 0 Å². The Bertz CT molecular complexity index is 179. The Kier molecular flexibility index (Phi) is 5.61. The lowest BCUT2D eigenvalue weighted by molar-refractivity contribution is -0.136. The summed E-state index contributed by atoms with van der Waals surface area (Å²) in [7, 11) is 0. The Morgan fingerprint density at radius 3 is 2.47 bits per heavy atom. The van der Waals surface area contributed by atoms with Crippen molar-refractivity contribution in [3.63, 3.8) is 0 Å². The third-order valence-corrected chi connectivity index (χ3v) is 3.31. The summed E-state index contributed by atoms with van der Waals surface area (Å²) in [4.78, 5) is 14.1. The van der Waals surface area contributed by atoms with E-state index in [1.807, 2.05) is 0 Å². The molecule has 0 radical (unpaired) electrons. The highest BCUT2D eigenvalue weighted by atomic mass is 79.9. The molecule has 0 saturated carbocycles. The maximum absolute atomic E-state index is 12.0. The van der Waals surface area contributed by atoms with Gasteiger partial charge in [-0.1, -0.05) is 0 Å². The molecular weight excluding hydrogens is 256 g/mol. The molecule has 1 N–H and O–H groups in total. The van der Waals surface area contributed by atoms with E-state index >= 15 is 0 Å². The molecule has 1 unspecified atom stereocenters. The standard InChI is InChI=1S/C11H20N2O.BrH/c14-11(10-5-4-6-12-9-10)13-7-2-1-3-8-13;/h10,12H,1-9H2;1H. The van der Waals surface area contributed by atoms with Gasteiger partial charge in [-0.3, -0.25) is 4.79 Å². The first-order valence-corrected chi connectivity index (χ1v) is 5.87. The number of halogens is 1. The normalized spacial score (nSPS) is 26.9. The lowest BCUT2D eigenvalue weighted by Crippen LogP contribution is -2.44. The molecular formula is C11H21BrN2O. The second kappa shape index (κ2) is 6.48. The molecule has 0 bridgehead atoms. The number of nitrogens with zero attached hydrogens (tertiary/aromatic N) is 1. The average molecular weight is 277 g/mol. The number of likely N-dealkylation sites (tertiary alicyclic amines) is 1. The van der Waals surface area contributed by atoms with E-state index < -0.39 is 0 Å². The third kappa shape index (κ3) is 3.45. The lowest BCUT2D eigenvalue weighted by Gasteiger charge is -2.32. The number of rotatable bonds is 1. The summed E-state index contributed by atoms with van der Waals surface area (Å²) in [5.41, 5.74) is 0. The summed E-state index contributed by atoms with van der Waals surface area (Å²) in [6.07, 6.45) is 5.94.